The van der Waals surface area contributed by atoms with Gasteiger partial charge in [0, 0.05) is 24.0 Å². The second-order valence-corrected chi connectivity index (χ2v) is 7.28. The molecule has 0 aliphatic carbocycles. The van der Waals surface area contributed by atoms with Crippen LogP contribution in [-0.4, -0.2) is 43.9 Å². The molecule has 0 aromatic heterocycles. The number of likely N-dealkylation sites (N-methyl/N-ethyl adjacent to an activating group) is 1. The lowest BCUT2D eigenvalue weighted by atomic mass is 10.1. The summed E-state index contributed by atoms with van der Waals surface area (Å²) in [5, 5.41) is 5.64. The summed E-state index contributed by atoms with van der Waals surface area (Å²) in [7, 11) is 3.89. The maximum absolute atomic E-state index is 13.3. The van der Waals surface area contributed by atoms with Crippen molar-refractivity contribution in [3.05, 3.63) is 69.9 Å². The van der Waals surface area contributed by atoms with Gasteiger partial charge in [0.05, 0.1) is 11.6 Å². The number of benzene rings is 2. The Hall–Kier alpha value is -2.25. The lowest BCUT2D eigenvalue weighted by Crippen LogP contribution is -2.37. The van der Waals surface area contributed by atoms with Crippen molar-refractivity contribution in [3.63, 3.8) is 0 Å². The molecule has 0 heterocycles. The monoisotopic (exact) mass is 435 g/mol. The van der Waals surface area contributed by atoms with Gasteiger partial charge in [0.25, 0.3) is 5.91 Å². The fourth-order valence-corrected chi connectivity index (χ4v) is 3.03. The first kappa shape index (κ1) is 21.1. The first-order chi connectivity index (χ1) is 12.9. The predicted molar refractivity (Wildman–Crippen MR) is 107 cm³/mol. The van der Waals surface area contributed by atoms with Gasteiger partial charge in [-0.1, -0.05) is 30.3 Å². The number of rotatable bonds is 8. The Morgan fingerprint density at radius 3 is 2.52 bits per heavy atom. The molecule has 2 aromatic carbocycles. The molecule has 144 valence electrons. The van der Waals surface area contributed by atoms with E-state index in [1.807, 2.05) is 49.3 Å². The topological polar surface area (TPSA) is 61.4 Å². The van der Waals surface area contributed by atoms with Crippen molar-refractivity contribution in [2.75, 3.05) is 27.2 Å². The van der Waals surface area contributed by atoms with E-state index in [4.69, 9.17) is 0 Å². The summed E-state index contributed by atoms with van der Waals surface area (Å²) in [5.41, 5.74) is 1.22. The molecule has 2 N–H and O–H groups in total. The zero-order chi connectivity index (χ0) is 19.8. The highest BCUT2D eigenvalue weighted by Crippen LogP contribution is 2.17. The van der Waals surface area contributed by atoms with E-state index in [0.29, 0.717) is 11.0 Å². The lowest BCUT2D eigenvalue weighted by Gasteiger charge is -2.23. The zero-order valence-electron chi connectivity index (χ0n) is 15.3. The number of hydrogen-bond donors (Lipinski definition) is 2. The van der Waals surface area contributed by atoms with Crippen LogP contribution in [0.25, 0.3) is 0 Å². The second-order valence-electron chi connectivity index (χ2n) is 6.42. The van der Waals surface area contributed by atoms with E-state index in [2.05, 4.69) is 26.6 Å². The number of nitrogens with one attached hydrogen (secondary N) is 2. The van der Waals surface area contributed by atoms with E-state index >= 15 is 0 Å². The average molecular weight is 436 g/mol. The molecule has 0 spiro atoms. The van der Waals surface area contributed by atoms with Gasteiger partial charge in [-0.05, 0) is 53.8 Å². The van der Waals surface area contributed by atoms with Gasteiger partial charge in [0.1, 0.15) is 5.82 Å². The number of halogens is 2. The lowest BCUT2D eigenvalue weighted by molar-refractivity contribution is -0.121. The quantitative estimate of drug-likeness (QED) is 0.669. The average Bonchev–Trinajstić information content (AvgIpc) is 2.63. The van der Waals surface area contributed by atoms with Gasteiger partial charge in [-0.2, -0.15) is 0 Å². The molecule has 0 saturated carbocycles. The van der Waals surface area contributed by atoms with E-state index in [-0.39, 0.29) is 30.5 Å². The summed E-state index contributed by atoms with van der Waals surface area (Å²) in [5.74, 6) is -1.08. The second kappa shape index (κ2) is 10.2. The Morgan fingerprint density at radius 2 is 1.85 bits per heavy atom. The summed E-state index contributed by atoms with van der Waals surface area (Å²) >= 11 is 3.22. The van der Waals surface area contributed by atoms with E-state index in [9.17, 15) is 14.0 Å². The van der Waals surface area contributed by atoms with Crippen LogP contribution in [0.5, 0.6) is 0 Å². The molecule has 0 fully saturated rings. The Kier molecular flexibility index (Phi) is 7.94. The van der Waals surface area contributed by atoms with Crippen LogP contribution < -0.4 is 10.6 Å². The van der Waals surface area contributed by atoms with Crippen LogP contribution in [0.2, 0.25) is 0 Å². The summed E-state index contributed by atoms with van der Waals surface area (Å²) in [6.07, 6.45) is 0.134. The number of amides is 2. The van der Waals surface area contributed by atoms with Crippen molar-refractivity contribution in [1.29, 1.82) is 0 Å². The Bertz CT molecular complexity index is 784. The highest BCUT2D eigenvalue weighted by Gasteiger charge is 2.16. The molecule has 0 radical (unpaired) electrons. The van der Waals surface area contributed by atoms with Crippen molar-refractivity contribution in [2.24, 2.45) is 0 Å². The van der Waals surface area contributed by atoms with Crippen molar-refractivity contribution in [2.45, 2.75) is 12.5 Å². The Balaban J connectivity index is 1.88. The molecule has 27 heavy (non-hydrogen) atoms. The van der Waals surface area contributed by atoms with Gasteiger partial charge in [0.2, 0.25) is 5.91 Å². The van der Waals surface area contributed by atoms with Gasteiger partial charge in [-0.25, -0.2) is 4.39 Å². The van der Waals surface area contributed by atoms with Gasteiger partial charge >= 0.3 is 0 Å². The maximum Gasteiger partial charge on any atom is 0.252 e. The molecular weight excluding hydrogens is 413 g/mol. The largest absolute Gasteiger partial charge is 0.351 e. The van der Waals surface area contributed by atoms with Crippen molar-refractivity contribution in [3.8, 4) is 0 Å². The van der Waals surface area contributed by atoms with Crippen LogP contribution in [-0.2, 0) is 4.79 Å². The molecule has 7 heteroatoms. The SMILES string of the molecule is CN(C)CC(NC(=O)CCNC(=O)c1cc(F)ccc1Br)c1ccccc1. The minimum absolute atomic E-state index is 0.134. The van der Waals surface area contributed by atoms with Crippen molar-refractivity contribution >= 4 is 27.7 Å². The molecule has 2 aromatic rings. The van der Waals surface area contributed by atoms with E-state index in [1.54, 1.807) is 0 Å². The zero-order valence-corrected chi connectivity index (χ0v) is 16.9. The normalized spacial score (nSPS) is 11.9. The third kappa shape index (κ3) is 6.77. The van der Waals surface area contributed by atoms with Gasteiger partial charge < -0.3 is 15.5 Å². The maximum atomic E-state index is 13.3. The number of carbonyl (C=O) groups excluding carboxylic acids is 2. The fourth-order valence-electron chi connectivity index (χ4n) is 2.61. The van der Waals surface area contributed by atoms with Crippen molar-refractivity contribution in [1.82, 2.24) is 15.5 Å². The van der Waals surface area contributed by atoms with Gasteiger partial charge in [-0.15, -0.1) is 0 Å². The molecule has 2 rings (SSSR count). The first-order valence-electron chi connectivity index (χ1n) is 8.59. The highest BCUT2D eigenvalue weighted by molar-refractivity contribution is 9.10. The summed E-state index contributed by atoms with van der Waals surface area (Å²) in [6, 6.07) is 13.5. The standard InChI is InChI=1S/C20H23BrFN3O2/c1-25(2)13-18(14-6-4-3-5-7-14)24-19(26)10-11-23-20(27)16-12-15(22)8-9-17(16)21/h3-9,12,18H,10-11,13H2,1-2H3,(H,23,27)(H,24,26). The molecule has 5 nitrogen and oxygen atoms in total. The summed E-state index contributed by atoms with van der Waals surface area (Å²) < 4.78 is 13.8. The van der Waals surface area contributed by atoms with E-state index in [0.717, 1.165) is 11.6 Å². The molecule has 0 bridgehead atoms. The minimum Gasteiger partial charge on any atom is -0.351 e. The van der Waals surface area contributed by atoms with Crippen LogP contribution in [0.15, 0.2) is 53.0 Å². The van der Waals surface area contributed by atoms with Crippen LogP contribution in [0.1, 0.15) is 28.4 Å². The molecule has 1 unspecified atom stereocenters. The molecule has 0 aliphatic rings. The third-order valence-electron chi connectivity index (χ3n) is 3.90. The first-order valence-corrected chi connectivity index (χ1v) is 9.38. The number of nitrogens with zero attached hydrogens (tertiary/aromatic N) is 1. The Labute approximate surface area is 167 Å². The van der Waals surface area contributed by atoms with Crippen LogP contribution >= 0.6 is 15.9 Å². The smallest absolute Gasteiger partial charge is 0.252 e. The molecule has 0 saturated heterocycles. The van der Waals surface area contributed by atoms with Gasteiger partial charge in [-0.3, -0.25) is 9.59 Å². The van der Waals surface area contributed by atoms with E-state index < -0.39 is 11.7 Å². The fraction of sp³-hybridized carbons (Fsp3) is 0.300. The summed E-state index contributed by atoms with van der Waals surface area (Å²) in [6.45, 7) is 0.829. The third-order valence-corrected chi connectivity index (χ3v) is 4.59. The van der Waals surface area contributed by atoms with Crippen LogP contribution in [0.3, 0.4) is 0 Å². The Morgan fingerprint density at radius 1 is 1.15 bits per heavy atom. The van der Waals surface area contributed by atoms with Crippen LogP contribution in [0, 0.1) is 5.82 Å². The number of carbonyl (C=O) groups is 2. The summed E-state index contributed by atoms with van der Waals surface area (Å²) in [4.78, 5) is 26.4. The minimum atomic E-state index is -0.490. The van der Waals surface area contributed by atoms with Crippen LogP contribution in [0.4, 0.5) is 4.39 Å². The molecule has 0 aliphatic heterocycles. The molecule has 2 amide bonds. The van der Waals surface area contributed by atoms with Gasteiger partial charge in [0.15, 0.2) is 0 Å². The van der Waals surface area contributed by atoms with Crippen molar-refractivity contribution < 1.29 is 14.0 Å². The van der Waals surface area contributed by atoms with E-state index in [1.165, 1.54) is 12.1 Å². The predicted octanol–water partition coefficient (Wildman–Crippen LogP) is 3.13. The number of hydrogen-bond acceptors (Lipinski definition) is 3. The highest BCUT2D eigenvalue weighted by atomic mass is 79.9. The molecule has 1 atom stereocenters. The molecular formula is C20H23BrFN3O2.